The Balaban J connectivity index is 2.75. The molecule has 0 saturated carbocycles. The molecule has 0 saturated heterocycles. The van der Waals surface area contributed by atoms with Crippen LogP contribution in [0.1, 0.15) is 24.5 Å². The smallest absolute Gasteiger partial charge is 0.323 e. The predicted molar refractivity (Wildman–Crippen MR) is 70.3 cm³/mol. The first-order valence-electron chi connectivity index (χ1n) is 6.19. The topological polar surface area (TPSA) is 49.8 Å². The fourth-order valence-electron chi connectivity index (χ4n) is 1.74. The molecule has 0 bridgehead atoms. The number of carboxylic acids is 1. The van der Waals surface area contributed by atoms with Crippen LogP contribution in [0, 0.1) is 6.92 Å². The SMILES string of the molecule is CCCON(C)C(Cc1ccccc1C)C(=O)O. The van der Waals surface area contributed by atoms with Gasteiger partial charge in [-0.3, -0.25) is 9.63 Å². The molecule has 0 aromatic heterocycles. The molecule has 0 spiro atoms. The summed E-state index contributed by atoms with van der Waals surface area (Å²) in [5, 5.41) is 10.7. The fraction of sp³-hybridized carbons (Fsp3) is 0.500. The first kappa shape index (κ1) is 14.7. The van der Waals surface area contributed by atoms with Gasteiger partial charge in [-0.05, 0) is 24.5 Å². The van der Waals surface area contributed by atoms with Gasteiger partial charge in [0.15, 0.2) is 0 Å². The Bertz CT molecular complexity index is 392. The number of nitrogens with zero attached hydrogens (tertiary/aromatic N) is 1. The second kappa shape index (κ2) is 7.13. The Morgan fingerprint density at radius 3 is 2.67 bits per heavy atom. The van der Waals surface area contributed by atoms with Gasteiger partial charge in [0.2, 0.25) is 0 Å². The standard InChI is InChI=1S/C14H21NO3/c1-4-9-18-15(3)13(14(16)17)10-12-8-6-5-7-11(12)2/h5-8,13H,4,9-10H2,1-3H3,(H,16,17). The van der Waals surface area contributed by atoms with Gasteiger partial charge in [0.25, 0.3) is 0 Å². The van der Waals surface area contributed by atoms with E-state index in [1.54, 1.807) is 7.05 Å². The van der Waals surface area contributed by atoms with Crippen molar-refractivity contribution in [2.24, 2.45) is 0 Å². The fourth-order valence-corrected chi connectivity index (χ4v) is 1.74. The van der Waals surface area contributed by atoms with Crippen molar-refractivity contribution >= 4 is 5.97 Å². The number of benzene rings is 1. The second-order valence-electron chi connectivity index (χ2n) is 4.36. The Hall–Kier alpha value is -1.39. The van der Waals surface area contributed by atoms with E-state index in [1.165, 1.54) is 5.06 Å². The monoisotopic (exact) mass is 251 g/mol. The lowest BCUT2D eigenvalue weighted by atomic mass is 10.0. The maximum Gasteiger partial charge on any atom is 0.323 e. The maximum absolute atomic E-state index is 11.3. The highest BCUT2D eigenvalue weighted by Gasteiger charge is 2.24. The minimum absolute atomic E-state index is 0.447. The summed E-state index contributed by atoms with van der Waals surface area (Å²) in [4.78, 5) is 16.7. The Morgan fingerprint density at radius 2 is 2.11 bits per heavy atom. The number of aliphatic carboxylic acids is 1. The van der Waals surface area contributed by atoms with Gasteiger partial charge in [-0.2, -0.15) is 5.06 Å². The summed E-state index contributed by atoms with van der Waals surface area (Å²) in [6.07, 6.45) is 1.31. The van der Waals surface area contributed by atoms with Crippen molar-refractivity contribution in [3.05, 3.63) is 35.4 Å². The molecule has 4 heteroatoms. The van der Waals surface area contributed by atoms with Crippen LogP contribution in [-0.4, -0.2) is 35.8 Å². The van der Waals surface area contributed by atoms with E-state index >= 15 is 0 Å². The van der Waals surface area contributed by atoms with Crippen LogP contribution in [0.15, 0.2) is 24.3 Å². The summed E-state index contributed by atoms with van der Waals surface area (Å²) >= 11 is 0. The summed E-state index contributed by atoms with van der Waals surface area (Å²) < 4.78 is 0. The van der Waals surface area contributed by atoms with Gasteiger partial charge in [0, 0.05) is 13.5 Å². The highest BCUT2D eigenvalue weighted by molar-refractivity contribution is 5.73. The molecule has 18 heavy (non-hydrogen) atoms. The van der Waals surface area contributed by atoms with Crippen molar-refractivity contribution in [2.75, 3.05) is 13.7 Å². The van der Waals surface area contributed by atoms with Crippen molar-refractivity contribution in [3.8, 4) is 0 Å². The molecule has 1 rings (SSSR count). The minimum Gasteiger partial charge on any atom is -0.480 e. The average molecular weight is 251 g/mol. The first-order chi connectivity index (χ1) is 8.56. The van der Waals surface area contributed by atoms with Crippen LogP contribution in [0.3, 0.4) is 0 Å². The second-order valence-corrected chi connectivity index (χ2v) is 4.36. The summed E-state index contributed by atoms with van der Waals surface area (Å²) in [6, 6.07) is 7.16. The van der Waals surface area contributed by atoms with E-state index in [1.807, 2.05) is 38.1 Å². The minimum atomic E-state index is -0.864. The Morgan fingerprint density at radius 1 is 1.44 bits per heavy atom. The summed E-state index contributed by atoms with van der Waals surface area (Å²) in [5.41, 5.74) is 2.14. The molecule has 1 aromatic carbocycles. The van der Waals surface area contributed by atoms with Gasteiger partial charge in [-0.15, -0.1) is 0 Å². The number of aryl methyl sites for hydroxylation is 1. The van der Waals surface area contributed by atoms with E-state index in [0.29, 0.717) is 13.0 Å². The van der Waals surface area contributed by atoms with Crippen LogP contribution in [0.2, 0.25) is 0 Å². The third kappa shape index (κ3) is 4.13. The first-order valence-corrected chi connectivity index (χ1v) is 6.19. The Labute approximate surface area is 108 Å². The van der Waals surface area contributed by atoms with E-state index in [4.69, 9.17) is 4.84 Å². The molecule has 1 N–H and O–H groups in total. The highest BCUT2D eigenvalue weighted by Crippen LogP contribution is 2.13. The highest BCUT2D eigenvalue weighted by atomic mass is 16.7. The molecule has 1 aromatic rings. The van der Waals surface area contributed by atoms with Crippen LogP contribution in [0.4, 0.5) is 0 Å². The zero-order valence-corrected chi connectivity index (χ0v) is 11.2. The number of carboxylic acid groups (broad SMARTS) is 1. The van der Waals surface area contributed by atoms with Crippen LogP contribution >= 0.6 is 0 Å². The lowest BCUT2D eigenvalue weighted by Crippen LogP contribution is -2.40. The molecule has 1 unspecified atom stereocenters. The molecule has 100 valence electrons. The van der Waals surface area contributed by atoms with Crippen molar-refractivity contribution in [1.29, 1.82) is 0 Å². The number of carbonyl (C=O) groups is 1. The van der Waals surface area contributed by atoms with E-state index in [2.05, 4.69) is 0 Å². The average Bonchev–Trinajstić information content (AvgIpc) is 2.34. The lowest BCUT2D eigenvalue weighted by molar-refractivity contribution is -0.186. The molecule has 0 aliphatic rings. The largest absolute Gasteiger partial charge is 0.480 e. The quantitative estimate of drug-likeness (QED) is 0.755. The number of hydrogen-bond acceptors (Lipinski definition) is 3. The van der Waals surface area contributed by atoms with Gasteiger partial charge in [-0.25, -0.2) is 0 Å². The number of likely N-dealkylation sites (N-methyl/N-ethyl adjacent to an activating group) is 1. The number of hydroxylamine groups is 2. The lowest BCUT2D eigenvalue weighted by Gasteiger charge is -2.24. The maximum atomic E-state index is 11.3. The van der Waals surface area contributed by atoms with E-state index in [-0.39, 0.29) is 0 Å². The van der Waals surface area contributed by atoms with Crippen LogP contribution in [-0.2, 0) is 16.1 Å². The van der Waals surface area contributed by atoms with Gasteiger partial charge in [0.05, 0.1) is 6.61 Å². The molecule has 0 heterocycles. The molecule has 0 radical (unpaired) electrons. The summed E-state index contributed by atoms with van der Waals surface area (Å²) in [5.74, 6) is -0.864. The van der Waals surface area contributed by atoms with Crippen molar-refractivity contribution in [3.63, 3.8) is 0 Å². The van der Waals surface area contributed by atoms with Gasteiger partial charge >= 0.3 is 5.97 Å². The summed E-state index contributed by atoms with van der Waals surface area (Å²) in [7, 11) is 1.67. The predicted octanol–water partition coefficient (Wildman–Crippen LogP) is 2.26. The molecule has 0 aliphatic heterocycles. The zero-order valence-electron chi connectivity index (χ0n) is 11.2. The molecule has 1 atom stereocenters. The third-order valence-corrected chi connectivity index (χ3v) is 2.90. The molecule has 0 fully saturated rings. The van der Waals surface area contributed by atoms with Gasteiger partial charge in [-0.1, -0.05) is 31.2 Å². The van der Waals surface area contributed by atoms with Gasteiger partial charge < -0.3 is 5.11 Å². The number of rotatable bonds is 7. The van der Waals surface area contributed by atoms with E-state index in [9.17, 15) is 9.90 Å². The van der Waals surface area contributed by atoms with Crippen LogP contribution in [0.5, 0.6) is 0 Å². The molecule has 4 nitrogen and oxygen atoms in total. The summed E-state index contributed by atoms with van der Waals surface area (Å²) in [6.45, 7) is 4.51. The molecule has 0 aliphatic carbocycles. The van der Waals surface area contributed by atoms with Crippen molar-refractivity contribution < 1.29 is 14.7 Å². The Kier molecular flexibility index (Phi) is 5.82. The van der Waals surface area contributed by atoms with Crippen molar-refractivity contribution in [2.45, 2.75) is 32.7 Å². The van der Waals surface area contributed by atoms with Crippen LogP contribution in [0.25, 0.3) is 0 Å². The van der Waals surface area contributed by atoms with E-state index < -0.39 is 12.0 Å². The molecular formula is C14H21NO3. The molecule has 0 amide bonds. The zero-order chi connectivity index (χ0) is 13.5. The number of hydrogen-bond donors (Lipinski definition) is 1. The van der Waals surface area contributed by atoms with Crippen LogP contribution < -0.4 is 0 Å². The van der Waals surface area contributed by atoms with Crippen molar-refractivity contribution in [1.82, 2.24) is 5.06 Å². The normalized spacial score (nSPS) is 12.7. The molecular weight excluding hydrogens is 230 g/mol. The van der Waals surface area contributed by atoms with E-state index in [0.717, 1.165) is 17.5 Å². The third-order valence-electron chi connectivity index (χ3n) is 2.90. The van der Waals surface area contributed by atoms with Gasteiger partial charge in [0.1, 0.15) is 6.04 Å².